The molecule has 2 amide bonds. The molecule has 0 aromatic heterocycles. The smallest absolute Gasteiger partial charge is 0.330 e. The van der Waals surface area contributed by atoms with Crippen LogP contribution in [-0.2, 0) is 19.1 Å². The fourth-order valence-corrected chi connectivity index (χ4v) is 1.17. The molecular weight excluding hydrogens is 188 g/mol. The van der Waals surface area contributed by atoms with Crippen molar-refractivity contribution in [2.24, 2.45) is 0 Å². The van der Waals surface area contributed by atoms with E-state index in [1.807, 2.05) is 0 Å². The minimum atomic E-state index is -0.767. The molecule has 0 bridgehead atoms. The van der Waals surface area contributed by atoms with Gasteiger partial charge in [-0.25, -0.2) is 4.79 Å². The third-order valence-electron chi connectivity index (χ3n) is 1.87. The lowest BCUT2D eigenvalue weighted by atomic mass is 10.2. The molecule has 0 aromatic rings. The van der Waals surface area contributed by atoms with E-state index in [0.29, 0.717) is 0 Å². The molecular formula is C8H12N2O4. The van der Waals surface area contributed by atoms with Crippen LogP contribution in [0.5, 0.6) is 0 Å². The summed E-state index contributed by atoms with van der Waals surface area (Å²) in [5.74, 6) is -1.91. The van der Waals surface area contributed by atoms with Crippen molar-refractivity contribution < 1.29 is 19.1 Å². The molecule has 0 spiro atoms. The highest BCUT2D eigenvalue weighted by Gasteiger charge is 2.34. The molecule has 1 aliphatic heterocycles. The van der Waals surface area contributed by atoms with Gasteiger partial charge in [-0.05, 0) is 6.92 Å². The van der Waals surface area contributed by atoms with Crippen LogP contribution in [0.25, 0.3) is 0 Å². The van der Waals surface area contributed by atoms with Gasteiger partial charge in [0.05, 0.1) is 13.2 Å². The van der Waals surface area contributed by atoms with E-state index in [0.717, 1.165) is 0 Å². The Morgan fingerprint density at radius 2 is 2.29 bits per heavy atom. The number of amides is 2. The number of carbonyl (C=O) groups is 3. The minimum absolute atomic E-state index is 0.156. The highest BCUT2D eigenvalue weighted by atomic mass is 16.5. The number of hydrogen-bond donors (Lipinski definition) is 1. The Morgan fingerprint density at radius 3 is 2.79 bits per heavy atom. The number of piperazine rings is 1. The molecule has 6 nitrogen and oxygen atoms in total. The van der Waals surface area contributed by atoms with E-state index in [1.165, 1.54) is 11.9 Å². The van der Waals surface area contributed by atoms with E-state index in [9.17, 15) is 14.4 Å². The summed E-state index contributed by atoms with van der Waals surface area (Å²) >= 11 is 0. The number of nitrogens with one attached hydrogen (secondary N) is 1. The van der Waals surface area contributed by atoms with Crippen molar-refractivity contribution >= 4 is 17.8 Å². The molecule has 1 atom stereocenters. The highest BCUT2D eigenvalue weighted by molar-refractivity contribution is 6.36. The number of hydrogen-bond acceptors (Lipinski definition) is 4. The fourth-order valence-electron chi connectivity index (χ4n) is 1.17. The molecule has 1 heterocycles. The van der Waals surface area contributed by atoms with Crippen molar-refractivity contribution in [2.45, 2.75) is 13.0 Å². The lowest BCUT2D eigenvalue weighted by Crippen LogP contribution is -2.59. The van der Waals surface area contributed by atoms with Gasteiger partial charge in [-0.1, -0.05) is 0 Å². The van der Waals surface area contributed by atoms with E-state index in [2.05, 4.69) is 5.32 Å². The molecule has 14 heavy (non-hydrogen) atoms. The second-order valence-corrected chi connectivity index (χ2v) is 2.96. The summed E-state index contributed by atoms with van der Waals surface area (Å²) in [5, 5.41) is 2.28. The second-order valence-electron chi connectivity index (χ2n) is 2.96. The summed E-state index contributed by atoms with van der Waals surface area (Å²) in [6.07, 6.45) is 0. The van der Waals surface area contributed by atoms with Crippen LogP contribution in [-0.4, -0.2) is 48.9 Å². The molecule has 1 rings (SSSR count). The fraction of sp³-hybridized carbons (Fsp3) is 0.625. The predicted molar refractivity (Wildman–Crippen MR) is 46.2 cm³/mol. The maximum Gasteiger partial charge on any atom is 0.330 e. The molecule has 1 aliphatic rings. The standard InChI is InChI=1S/C8H12N2O4/c1-3-14-8(13)5-4-10(2)7(12)6(11)9-5/h5H,3-4H2,1-2H3,(H,9,11). The van der Waals surface area contributed by atoms with Gasteiger partial charge in [-0.2, -0.15) is 0 Å². The van der Waals surface area contributed by atoms with Gasteiger partial charge in [0, 0.05) is 7.05 Å². The van der Waals surface area contributed by atoms with Crippen molar-refractivity contribution in [2.75, 3.05) is 20.2 Å². The zero-order chi connectivity index (χ0) is 10.7. The van der Waals surface area contributed by atoms with Gasteiger partial charge in [-0.15, -0.1) is 0 Å². The first-order chi connectivity index (χ1) is 6.56. The molecule has 0 aromatic carbocycles. The molecule has 0 aliphatic carbocycles. The topological polar surface area (TPSA) is 75.7 Å². The molecule has 78 valence electrons. The van der Waals surface area contributed by atoms with Crippen molar-refractivity contribution in [1.82, 2.24) is 10.2 Å². The van der Waals surface area contributed by atoms with Gasteiger partial charge >= 0.3 is 17.8 Å². The lowest BCUT2D eigenvalue weighted by molar-refractivity contribution is -0.155. The molecule has 6 heteroatoms. The summed E-state index contributed by atoms with van der Waals surface area (Å²) in [6, 6.07) is -0.745. The van der Waals surface area contributed by atoms with Crippen LogP contribution in [0.1, 0.15) is 6.92 Å². The number of ether oxygens (including phenoxy) is 1. The number of carbonyl (C=O) groups excluding carboxylic acids is 3. The van der Waals surface area contributed by atoms with E-state index in [4.69, 9.17) is 4.74 Å². The summed E-state index contributed by atoms with van der Waals surface area (Å²) < 4.78 is 4.72. The Labute approximate surface area is 81.2 Å². The van der Waals surface area contributed by atoms with Crippen LogP contribution < -0.4 is 5.32 Å². The van der Waals surface area contributed by atoms with Crippen molar-refractivity contribution in [3.8, 4) is 0 Å². The quantitative estimate of drug-likeness (QED) is 0.435. The summed E-state index contributed by atoms with van der Waals surface area (Å²) in [4.78, 5) is 34.4. The van der Waals surface area contributed by atoms with E-state index < -0.39 is 23.8 Å². The van der Waals surface area contributed by atoms with Crippen LogP contribution >= 0.6 is 0 Å². The molecule has 0 radical (unpaired) electrons. The van der Waals surface area contributed by atoms with Crippen molar-refractivity contribution in [3.05, 3.63) is 0 Å². The Morgan fingerprint density at radius 1 is 1.64 bits per heavy atom. The average Bonchev–Trinajstić information content (AvgIpc) is 2.13. The molecule has 0 saturated carbocycles. The van der Waals surface area contributed by atoms with Crippen LogP contribution in [0.15, 0.2) is 0 Å². The third-order valence-corrected chi connectivity index (χ3v) is 1.87. The predicted octanol–water partition coefficient (Wildman–Crippen LogP) is -1.49. The Hall–Kier alpha value is -1.59. The zero-order valence-electron chi connectivity index (χ0n) is 8.07. The first-order valence-electron chi connectivity index (χ1n) is 4.28. The molecule has 1 unspecified atom stereocenters. The Bertz CT molecular complexity index is 277. The van der Waals surface area contributed by atoms with E-state index in [-0.39, 0.29) is 13.2 Å². The van der Waals surface area contributed by atoms with Crippen LogP contribution in [0.4, 0.5) is 0 Å². The average molecular weight is 200 g/mol. The van der Waals surface area contributed by atoms with Gasteiger partial charge in [0.15, 0.2) is 0 Å². The minimum Gasteiger partial charge on any atom is -0.464 e. The lowest BCUT2D eigenvalue weighted by Gasteiger charge is -2.28. The van der Waals surface area contributed by atoms with Gasteiger partial charge in [-0.3, -0.25) is 9.59 Å². The second kappa shape index (κ2) is 4.08. The largest absolute Gasteiger partial charge is 0.464 e. The van der Waals surface area contributed by atoms with Gasteiger partial charge in [0.2, 0.25) is 0 Å². The maximum atomic E-state index is 11.2. The van der Waals surface area contributed by atoms with Gasteiger partial charge < -0.3 is 15.0 Å². The normalized spacial score (nSPS) is 21.9. The first kappa shape index (κ1) is 10.5. The van der Waals surface area contributed by atoms with E-state index >= 15 is 0 Å². The molecule has 1 fully saturated rings. The van der Waals surface area contributed by atoms with Gasteiger partial charge in [0.25, 0.3) is 0 Å². The maximum absolute atomic E-state index is 11.2. The SMILES string of the molecule is CCOC(=O)C1CN(C)C(=O)C(=O)N1. The summed E-state index contributed by atoms with van der Waals surface area (Å²) in [6.45, 7) is 2.09. The molecule has 1 saturated heterocycles. The van der Waals surface area contributed by atoms with Crippen LogP contribution in [0.3, 0.4) is 0 Å². The van der Waals surface area contributed by atoms with Crippen molar-refractivity contribution in [1.29, 1.82) is 0 Å². The number of likely N-dealkylation sites (N-methyl/N-ethyl adjacent to an activating group) is 1. The van der Waals surface area contributed by atoms with Crippen LogP contribution in [0.2, 0.25) is 0 Å². The van der Waals surface area contributed by atoms with Crippen molar-refractivity contribution in [3.63, 3.8) is 0 Å². The van der Waals surface area contributed by atoms with Crippen LogP contribution in [0, 0.1) is 0 Å². The first-order valence-corrected chi connectivity index (χ1v) is 4.28. The van der Waals surface area contributed by atoms with E-state index in [1.54, 1.807) is 6.92 Å². The summed E-state index contributed by atoms with van der Waals surface area (Å²) in [5.41, 5.74) is 0. The van der Waals surface area contributed by atoms with Gasteiger partial charge in [0.1, 0.15) is 6.04 Å². The number of rotatable bonds is 2. The highest BCUT2D eigenvalue weighted by Crippen LogP contribution is 2.00. The number of nitrogens with zero attached hydrogens (tertiary/aromatic N) is 1. The third kappa shape index (κ3) is 2.01. The summed E-state index contributed by atoms with van der Waals surface area (Å²) in [7, 11) is 1.47. The Balaban J connectivity index is 2.62. The number of esters is 1. The monoisotopic (exact) mass is 200 g/mol. The molecule has 1 N–H and O–H groups in total. The zero-order valence-corrected chi connectivity index (χ0v) is 8.07. The Kier molecular flexibility index (Phi) is 3.06.